The molecular formula is C15H16FNO6. The van der Waals surface area contributed by atoms with Crippen LogP contribution < -0.4 is 5.32 Å². The number of carboxylic acids is 2. The molecule has 1 aliphatic rings. The number of aliphatic carboxylic acids is 2. The van der Waals surface area contributed by atoms with Crippen LogP contribution in [0.25, 0.3) is 0 Å². The molecule has 3 N–H and O–H groups in total. The zero-order valence-electron chi connectivity index (χ0n) is 12.2. The maximum atomic E-state index is 12.7. The number of amides is 1. The lowest BCUT2D eigenvalue weighted by Gasteiger charge is -2.15. The van der Waals surface area contributed by atoms with Gasteiger partial charge in [-0.25, -0.2) is 18.8 Å². The molecule has 1 saturated heterocycles. The Kier molecular flexibility index (Phi) is 6.72. The predicted octanol–water partition coefficient (Wildman–Crippen LogP) is 2.10. The topological polar surface area (TPSA) is 113 Å². The summed E-state index contributed by atoms with van der Waals surface area (Å²) in [6, 6.07) is 5.93. The van der Waals surface area contributed by atoms with E-state index in [0.29, 0.717) is 12.2 Å². The summed E-state index contributed by atoms with van der Waals surface area (Å²) in [6.45, 7) is 1.95. The molecule has 0 bridgehead atoms. The Hall–Kier alpha value is -2.90. The molecule has 1 heterocycles. The van der Waals surface area contributed by atoms with Gasteiger partial charge in [-0.15, -0.1) is 0 Å². The molecule has 1 amide bonds. The molecule has 2 rings (SSSR count). The van der Waals surface area contributed by atoms with Crippen molar-refractivity contribution >= 4 is 18.0 Å². The third-order valence-electron chi connectivity index (χ3n) is 2.90. The standard InChI is InChI=1S/C11H12FNO2.C4H4O4/c1-2-9-10(13-11(14)15-9)7-3-5-8(12)6-4-7;5-3(6)1-2-4(7)8/h3-6,9-10H,2H2,1H3,(H,13,14);1-2H,(H,5,6)(H,7,8)/b;2-1-. The minimum absolute atomic E-state index is 0.164. The summed E-state index contributed by atoms with van der Waals surface area (Å²) in [5.74, 6) is -2.79. The number of carbonyl (C=O) groups is 3. The molecule has 0 aliphatic carbocycles. The van der Waals surface area contributed by atoms with Crippen molar-refractivity contribution in [2.75, 3.05) is 0 Å². The van der Waals surface area contributed by atoms with Crippen molar-refractivity contribution in [3.8, 4) is 0 Å². The minimum atomic E-state index is -1.26. The Bertz CT molecular complexity index is 582. The van der Waals surface area contributed by atoms with Crippen LogP contribution in [-0.2, 0) is 14.3 Å². The fraction of sp³-hybridized carbons (Fsp3) is 0.267. The lowest BCUT2D eigenvalue weighted by atomic mass is 10.0. The number of rotatable bonds is 4. The van der Waals surface area contributed by atoms with Crippen molar-refractivity contribution in [2.45, 2.75) is 25.5 Å². The average Bonchev–Trinajstić information content (AvgIpc) is 2.87. The van der Waals surface area contributed by atoms with Gasteiger partial charge < -0.3 is 20.3 Å². The maximum Gasteiger partial charge on any atom is 0.408 e. The fourth-order valence-corrected chi connectivity index (χ4v) is 1.89. The van der Waals surface area contributed by atoms with Crippen LogP contribution in [0.5, 0.6) is 0 Å². The molecule has 1 aliphatic heterocycles. The third kappa shape index (κ3) is 6.16. The number of ether oxygens (including phenoxy) is 1. The van der Waals surface area contributed by atoms with E-state index in [0.717, 1.165) is 12.0 Å². The van der Waals surface area contributed by atoms with Crippen molar-refractivity contribution in [3.05, 3.63) is 47.8 Å². The minimum Gasteiger partial charge on any atom is -0.478 e. The zero-order valence-corrected chi connectivity index (χ0v) is 12.2. The molecule has 1 fully saturated rings. The summed E-state index contributed by atoms with van der Waals surface area (Å²) in [6.07, 6.45) is 1.28. The zero-order chi connectivity index (χ0) is 17.4. The fourth-order valence-electron chi connectivity index (χ4n) is 1.89. The largest absolute Gasteiger partial charge is 0.478 e. The predicted molar refractivity (Wildman–Crippen MR) is 77.2 cm³/mol. The van der Waals surface area contributed by atoms with Crippen LogP contribution in [0.1, 0.15) is 24.9 Å². The van der Waals surface area contributed by atoms with Crippen molar-refractivity contribution < 1.29 is 33.7 Å². The van der Waals surface area contributed by atoms with Gasteiger partial charge in [-0.3, -0.25) is 0 Å². The molecule has 2 unspecified atom stereocenters. The van der Waals surface area contributed by atoms with Gasteiger partial charge in [0.25, 0.3) is 0 Å². The molecule has 2 atom stereocenters. The van der Waals surface area contributed by atoms with Crippen LogP contribution in [0.4, 0.5) is 9.18 Å². The van der Waals surface area contributed by atoms with E-state index in [-0.39, 0.29) is 18.0 Å². The number of carboxylic acid groups (broad SMARTS) is 2. The van der Waals surface area contributed by atoms with Crippen LogP contribution in [-0.4, -0.2) is 34.3 Å². The molecule has 1 aromatic rings. The summed E-state index contributed by atoms with van der Waals surface area (Å²) < 4.78 is 17.8. The molecule has 8 heteroatoms. The van der Waals surface area contributed by atoms with Crippen LogP contribution in [0.2, 0.25) is 0 Å². The van der Waals surface area contributed by atoms with E-state index in [1.54, 1.807) is 12.1 Å². The first-order chi connectivity index (χ1) is 10.8. The number of alkyl carbamates (subject to hydrolysis) is 1. The monoisotopic (exact) mass is 325 g/mol. The van der Waals surface area contributed by atoms with Gasteiger partial charge in [0.15, 0.2) is 0 Å². The number of nitrogens with one attached hydrogen (secondary N) is 1. The molecular weight excluding hydrogens is 309 g/mol. The van der Waals surface area contributed by atoms with E-state index >= 15 is 0 Å². The van der Waals surface area contributed by atoms with E-state index in [1.165, 1.54) is 12.1 Å². The summed E-state index contributed by atoms with van der Waals surface area (Å²) >= 11 is 0. The van der Waals surface area contributed by atoms with Crippen LogP contribution >= 0.6 is 0 Å². The molecule has 23 heavy (non-hydrogen) atoms. The number of benzene rings is 1. The van der Waals surface area contributed by atoms with E-state index in [4.69, 9.17) is 14.9 Å². The Morgan fingerprint density at radius 3 is 2.17 bits per heavy atom. The first kappa shape index (κ1) is 18.1. The highest BCUT2D eigenvalue weighted by Gasteiger charge is 2.33. The molecule has 0 saturated carbocycles. The maximum absolute atomic E-state index is 12.7. The van der Waals surface area contributed by atoms with E-state index in [9.17, 15) is 18.8 Å². The van der Waals surface area contributed by atoms with Crippen molar-refractivity contribution in [1.82, 2.24) is 5.32 Å². The lowest BCUT2D eigenvalue weighted by molar-refractivity contribution is -0.134. The van der Waals surface area contributed by atoms with Gasteiger partial charge in [-0.05, 0) is 24.1 Å². The van der Waals surface area contributed by atoms with Gasteiger partial charge in [0.1, 0.15) is 11.9 Å². The van der Waals surface area contributed by atoms with Gasteiger partial charge in [0.2, 0.25) is 0 Å². The highest BCUT2D eigenvalue weighted by atomic mass is 19.1. The highest BCUT2D eigenvalue weighted by molar-refractivity contribution is 5.89. The molecule has 124 valence electrons. The summed E-state index contributed by atoms with van der Waals surface area (Å²) in [7, 11) is 0. The molecule has 1 aromatic carbocycles. The normalized spacial score (nSPS) is 19.5. The quantitative estimate of drug-likeness (QED) is 0.731. The summed E-state index contributed by atoms with van der Waals surface area (Å²) in [5, 5.41) is 18.3. The van der Waals surface area contributed by atoms with Crippen LogP contribution in [0, 0.1) is 5.82 Å². The Balaban J connectivity index is 0.000000284. The lowest BCUT2D eigenvalue weighted by Crippen LogP contribution is -2.22. The second kappa shape index (κ2) is 8.52. The van der Waals surface area contributed by atoms with E-state index in [1.807, 2.05) is 6.92 Å². The Labute approximate surface area is 131 Å². The number of hydrogen-bond acceptors (Lipinski definition) is 4. The number of halogens is 1. The van der Waals surface area contributed by atoms with Gasteiger partial charge in [0.05, 0.1) is 6.04 Å². The van der Waals surface area contributed by atoms with Crippen molar-refractivity contribution in [3.63, 3.8) is 0 Å². The summed E-state index contributed by atoms with van der Waals surface area (Å²) in [5.41, 5.74) is 0.870. The number of hydrogen-bond donors (Lipinski definition) is 3. The molecule has 7 nitrogen and oxygen atoms in total. The second-order valence-electron chi connectivity index (χ2n) is 4.54. The van der Waals surface area contributed by atoms with Gasteiger partial charge in [-0.1, -0.05) is 19.1 Å². The molecule has 0 radical (unpaired) electrons. The summed E-state index contributed by atoms with van der Waals surface area (Å²) in [4.78, 5) is 30.2. The smallest absolute Gasteiger partial charge is 0.408 e. The molecule has 0 aromatic heterocycles. The van der Waals surface area contributed by atoms with Crippen molar-refractivity contribution in [2.24, 2.45) is 0 Å². The van der Waals surface area contributed by atoms with Gasteiger partial charge >= 0.3 is 18.0 Å². The molecule has 0 spiro atoms. The van der Waals surface area contributed by atoms with E-state index < -0.39 is 18.0 Å². The average molecular weight is 325 g/mol. The SMILES string of the molecule is CCC1OC(=O)NC1c1ccc(F)cc1.O=C(O)/C=C\C(=O)O. The van der Waals surface area contributed by atoms with Crippen LogP contribution in [0.3, 0.4) is 0 Å². The van der Waals surface area contributed by atoms with Gasteiger partial charge in [0, 0.05) is 12.2 Å². The second-order valence-corrected chi connectivity index (χ2v) is 4.54. The van der Waals surface area contributed by atoms with Crippen molar-refractivity contribution in [1.29, 1.82) is 0 Å². The number of carbonyl (C=O) groups excluding carboxylic acids is 1. The highest BCUT2D eigenvalue weighted by Crippen LogP contribution is 2.26. The Morgan fingerprint density at radius 2 is 1.74 bits per heavy atom. The first-order valence-corrected chi connectivity index (χ1v) is 6.70. The van der Waals surface area contributed by atoms with Gasteiger partial charge in [-0.2, -0.15) is 0 Å². The third-order valence-corrected chi connectivity index (χ3v) is 2.90. The first-order valence-electron chi connectivity index (χ1n) is 6.70. The van der Waals surface area contributed by atoms with E-state index in [2.05, 4.69) is 5.32 Å². The van der Waals surface area contributed by atoms with Crippen LogP contribution in [0.15, 0.2) is 36.4 Å². The Morgan fingerprint density at radius 1 is 1.22 bits per heavy atom. The number of cyclic esters (lactones) is 1.